The third-order valence-electron chi connectivity index (χ3n) is 2.08. The van der Waals surface area contributed by atoms with Gasteiger partial charge in [0.15, 0.2) is 5.79 Å². The molecule has 4 heteroatoms. The molecule has 0 aliphatic carbocycles. The number of ether oxygens (including phenoxy) is 3. The Morgan fingerprint density at radius 2 is 2.07 bits per heavy atom. The summed E-state index contributed by atoms with van der Waals surface area (Å²) in [4.78, 5) is 11.5. The second-order valence-corrected chi connectivity index (χ2v) is 5.30. The topological polar surface area (TPSA) is 44.8 Å². The van der Waals surface area contributed by atoms with E-state index in [2.05, 4.69) is 0 Å². The third kappa shape index (κ3) is 3.80. The van der Waals surface area contributed by atoms with Crippen molar-refractivity contribution in [2.24, 2.45) is 5.41 Å². The minimum Gasteiger partial charge on any atom is -0.462 e. The Morgan fingerprint density at radius 1 is 1.47 bits per heavy atom. The Morgan fingerprint density at radius 3 is 2.47 bits per heavy atom. The van der Waals surface area contributed by atoms with E-state index in [1.807, 2.05) is 34.6 Å². The second-order valence-electron chi connectivity index (χ2n) is 5.30. The molecule has 4 nitrogen and oxygen atoms in total. The smallest absolute Gasteiger partial charge is 0.311 e. The zero-order valence-electron chi connectivity index (χ0n) is 10.1. The van der Waals surface area contributed by atoms with Crippen molar-refractivity contribution in [2.75, 3.05) is 13.2 Å². The van der Waals surface area contributed by atoms with Crippen LogP contribution in [0.25, 0.3) is 0 Å². The van der Waals surface area contributed by atoms with Gasteiger partial charge in [-0.1, -0.05) is 0 Å². The maximum absolute atomic E-state index is 11.5. The molecule has 1 heterocycles. The minimum absolute atomic E-state index is 0.147. The molecule has 1 aliphatic rings. The molecule has 1 fully saturated rings. The van der Waals surface area contributed by atoms with Crippen LogP contribution in [0.2, 0.25) is 0 Å². The van der Waals surface area contributed by atoms with Crippen molar-refractivity contribution in [3.63, 3.8) is 0 Å². The molecule has 15 heavy (non-hydrogen) atoms. The fourth-order valence-corrected chi connectivity index (χ4v) is 1.23. The first-order chi connectivity index (χ1) is 6.71. The highest BCUT2D eigenvalue weighted by molar-refractivity contribution is 5.75. The van der Waals surface area contributed by atoms with Gasteiger partial charge in [-0.25, -0.2) is 0 Å². The van der Waals surface area contributed by atoms with E-state index >= 15 is 0 Å². The van der Waals surface area contributed by atoms with Crippen LogP contribution in [0.1, 0.15) is 34.6 Å². The monoisotopic (exact) mass is 216 g/mol. The number of hydrogen-bond acceptors (Lipinski definition) is 4. The molecule has 1 saturated heterocycles. The maximum atomic E-state index is 11.5. The lowest BCUT2D eigenvalue weighted by Gasteiger charge is -2.19. The van der Waals surface area contributed by atoms with E-state index in [0.29, 0.717) is 6.61 Å². The van der Waals surface area contributed by atoms with E-state index in [1.54, 1.807) is 0 Å². The Hall–Kier alpha value is -0.610. The van der Waals surface area contributed by atoms with Gasteiger partial charge >= 0.3 is 5.97 Å². The van der Waals surface area contributed by atoms with E-state index in [9.17, 15) is 4.79 Å². The Labute approximate surface area is 90.9 Å². The van der Waals surface area contributed by atoms with E-state index in [-0.39, 0.29) is 18.7 Å². The number of carbonyl (C=O) groups excluding carboxylic acids is 1. The Balaban J connectivity index is 2.31. The van der Waals surface area contributed by atoms with Crippen molar-refractivity contribution in [1.29, 1.82) is 0 Å². The van der Waals surface area contributed by atoms with E-state index in [0.717, 1.165) is 0 Å². The summed E-state index contributed by atoms with van der Waals surface area (Å²) in [5.41, 5.74) is -0.463. The average molecular weight is 216 g/mol. The van der Waals surface area contributed by atoms with Crippen LogP contribution in [0.4, 0.5) is 0 Å². The van der Waals surface area contributed by atoms with E-state index in [4.69, 9.17) is 14.2 Å². The average Bonchev–Trinajstić information content (AvgIpc) is 2.39. The second kappa shape index (κ2) is 4.10. The molecular weight excluding hydrogens is 196 g/mol. The summed E-state index contributed by atoms with van der Waals surface area (Å²) >= 11 is 0. The molecule has 0 aromatic rings. The molecule has 1 rings (SSSR count). The zero-order chi connectivity index (χ0) is 11.7. The molecule has 0 radical (unpaired) electrons. The molecule has 0 unspecified atom stereocenters. The van der Waals surface area contributed by atoms with Crippen molar-refractivity contribution >= 4 is 5.97 Å². The number of carbonyl (C=O) groups is 1. The molecule has 0 saturated carbocycles. The first-order valence-electron chi connectivity index (χ1n) is 5.20. The van der Waals surface area contributed by atoms with Crippen LogP contribution in [0, 0.1) is 5.41 Å². The molecule has 0 aromatic heterocycles. The predicted molar refractivity (Wildman–Crippen MR) is 55.3 cm³/mol. The largest absolute Gasteiger partial charge is 0.462 e. The summed E-state index contributed by atoms with van der Waals surface area (Å²) in [6.45, 7) is 9.91. The van der Waals surface area contributed by atoms with Gasteiger partial charge in [0.1, 0.15) is 12.7 Å². The lowest BCUT2D eigenvalue weighted by atomic mass is 9.97. The molecule has 0 N–H and O–H groups in total. The predicted octanol–water partition coefficient (Wildman–Crippen LogP) is 1.73. The normalized spacial score (nSPS) is 25.3. The van der Waals surface area contributed by atoms with Crippen molar-refractivity contribution < 1.29 is 19.0 Å². The van der Waals surface area contributed by atoms with Gasteiger partial charge in [-0.05, 0) is 34.6 Å². The fourth-order valence-electron chi connectivity index (χ4n) is 1.23. The van der Waals surface area contributed by atoms with Crippen LogP contribution in [0.3, 0.4) is 0 Å². The van der Waals surface area contributed by atoms with Crippen LogP contribution in [-0.2, 0) is 19.0 Å². The first kappa shape index (κ1) is 12.5. The molecule has 1 aliphatic heterocycles. The summed E-state index contributed by atoms with van der Waals surface area (Å²) in [6, 6.07) is 0. The summed E-state index contributed by atoms with van der Waals surface area (Å²) in [7, 11) is 0. The zero-order valence-corrected chi connectivity index (χ0v) is 10.1. The van der Waals surface area contributed by atoms with Crippen LogP contribution < -0.4 is 0 Å². The molecular formula is C11H20O4. The lowest BCUT2D eigenvalue weighted by molar-refractivity contribution is -0.164. The summed E-state index contributed by atoms with van der Waals surface area (Å²) in [6.07, 6.45) is -0.147. The fraction of sp³-hybridized carbons (Fsp3) is 0.909. The third-order valence-corrected chi connectivity index (χ3v) is 2.08. The van der Waals surface area contributed by atoms with Crippen LogP contribution in [0.15, 0.2) is 0 Å². The van der Waals surface area contributed by atoms with Crippen molar-refractivity contribution in [3.8, 4) is 0 Å². The first-order valence-corrected chi connectivity index (χ1v) is 5.20. The molecule has 0 amide bonds. The van der Waals surface area contributed by atoms with Crippen molar-refractivity contribution in [2.45, 2.75) is 46.5 Å². The van der Waals surface area contributed by atoms with Gasteiger partial charge in [0.2, 0.25) is 0 Å². The highest BCUT2D eigenvalue weighted by Gasteiger charge is 2.34. The van der Waals surface area contributed by atoms with Crippen LogP contribution >= 0.6 is 0 Å². The molecule has 88 valence electrons. The minimum atomic E-state index is -0.557. The molecule has 0 aromatic carbocycles. The number of hydrogen-bond donors (Lipinski definition) is 0. The van der Waals surface area contributed by atoms with Gasteiger partial charge in [-0.2, -0.15) is 0 Å². The van der Waals surface area contributed by atoms with Gasteiger partial charge in [0, 0.05) is 0 Å². The SMILES string of the molecule is CC1(C)OC[C@H](COC(=O)C(C)(C)C)O1. The number of esters is 1. The summed E-state index contributed by atoms with van der Waals surface area (Å²) in [5.74, 6) is -0.769. The van der Waals surface area contributed by atoms with Crippen LogP contribution in [0.5, 0.6) is 0 Å². The molecule has 0 spiro atoms. The van der Waals surface area contributed by atoms with Gasteiger partial charge in [-0.3, -0.25) is 4.79 Å². The molecule has 1 atom stereocenters. The summed E-state index contributed by atoms with van der Waals surface area (Å²) < 4.78 is 16.0. The van der Waals surface area contributed by atoms with Gasteiger partial charge in [0.25, 0.3) is 0 Å². The van der Waals surface area contributed by atoms with Gasteiger partial charge in [0.05, 0.1) is 12.0 Å². The highest BCUT2D eigenvalue weighted by atomic mass is 16.7. The maximum Gasteiger partial charge on any atom is 0.311 e. The van der Waals surface area contributed by atoms with Gasteiger partial charge in [-0.15, -0.1) is 0 Å². The molecule has 0 bridgehead atoms. The Kier molecular flexibility index (Phi) is 3.41. The van der Waals surface area contributed by atoms with Crippen molar-refractivity contribution in [3.05, 3.63) is 0 Å². The standard InChI is InChI=1S/C11H20O4/c1-10(2,3)9(12)13-6-8-7-14-11(4,5)15-8/h8H,6-7H2,1-5H3/t8-/m0/s1. The van der Waals surface area contributed by atoms with E-state index in [1.165, 1.54) is 0 Å². The van der Waals surface area contributed by atoms with Gasteiger partial charge < -0.3 is 14.2 Å². The van der Waals surface area contributed by atoms with Crippen molar-refractivity contribution in [1.82, 2.24) is 0 Å². The number of rotatable bonds is 2. The van der Waals surface area contributed by atoms with Crippen LogP contribution in [-0.4, -0.2) is 31.1 Å². The Bertz CT molecular complexity index is 239. The van der Waals surface area contributed by atoms with E-state index < -0.39 is 11.2 Å². The highest BCUT2D eigenvalue weighted by Crippen LogP contribution is 2.23. The lowest BCUT2D eigenvalue weighted by Crippen LogP contribution is -2.29. The quantitative estimate of drug-likeness (QED) is 0.659. The summed E-state index contributed by atoms with van der Waals surface area (Å²) in [5, 5.41) is 0.